The Morgan fingerprint density at radius 3 is 2.64 bits per heavy atom. The maximum atomic E-state index is 12.4. The Labute approximate surface area is 141 Å². The number of para-hydroxylation sites is 2. The van der Waals surface area contributed by atoms with Gasteiger partial charge in [0.25, 0.3) is 0 Å². The maximum absolute atomic E-state index is 12.4. The summed E-state index contributed by atoms with van der Waals surface area (Å²) >= 11 is 0. The van der Waals surface area contributed by atoms with Crippen molar-refractivity contribution in [2.75, 3.05) is 25.6 Å². The van der Waals surface area contributed by atoms with Gasteiger partial charge in [0, 0.05) is 19.1 Å². The number of imidazole rings is 1. The second-order valence-corrected chi connectivity index (χ2v) is 6.10. The monoisotopic (exact) mass is 369 g/mol. The van der Waals surface area contributed by atoms with Crippen LogP contribution in [-0.2, 0) is 16.1 Å². The number of hydrogen-bond donors (Lipinski definition) is 1. The van der Waals surface area contributed by atoms with Crippen LogP contribution in [0.2, 0.25) is 0 Å². The van der Waals surface area contributed by atoms with Crippen LogP contribution in [0.25, 0.3) is 11.0 Å². The second-order valence-electron chi connectivity index (χ2n) is 6.10. The highest BCUT2D eigenvalue weighted by Gasteiger charge is 2.23. The van der Waals surface area contributed by atoms with Crippen molar-refractivity contribution in [3.63, 3.8) is 0 Å². The van der Waals surface area contributed by atoms with Crippen LogP contribution in [-0.4, -0.2) is 35.6 Å². The summed E-state index contributed by atoms with van der Waals surface area (Å²) in [5.41, 5.74) is 1.49. The number of fused-ring (bicyclic) bond motifs is 1. The number of rotatable bonds is 6. The van der Waals surface area contributed by atoms with E-state index in [1.165, 1.54) is 0 Å². The molecule has 0 atom stereocenters. The molecule has 0 radical (unpaired) electrons. The first-order chi connectivity index (χ1) is 9.93. The van der Waals surface area contributed by atoms with Crippen molar-refractivity contribution < 1.29 is 9.53 Å². The molecule has 1 aromatic heterocycles. The molecule has 6 heteroatoms. The SMILES string of the molecule is Br.COCCNc1nc2ccccc2n1CC(=O)C(C)(C)C. The minimum absolute atomic E-state index is 0. The summed E-state index contributed by atoms with van der Waals surface area (Å²) in [6, 6.07) is 7.85. The third kappa shape index (κ3) is 4.30. The lowest BCUT2D eigenvalue weighted by atomic mass is 9.91. The second kappa shape index (κ2) is 7.74. The molecule has 5 nitrogen and oxygen atoms in total. The average molecular weight is 370 g/mol. The number of benzene rings is 1. The molecule has 0 aliphatic rings. The molecule has 0 unspecified atom stereocenters. The van der Waals surface area contributed by atoms with Gasteiger partial charge in [-0.05, 0) is 12.1 Å². The van der Waals surface area contributed by atoms with Gasteiger partial charge in [-0.2, -0.15) is 0 Å². The zero-order chi connectivity index (χ0) is 15.5. The van der Waals surface area contributed by atoms with Gasteiger partial charge in [0.1, 0.15) is 0 Å². The van der Waals surface area contributed by atoms with Crippen LogP contribution in [0.15, 0.2) is 24.3 Å². The van der Waals surface area contributed by atoms with Crippen LogP contribution in [0, 0.1) is 5.41 Å². The molecule has 1 N–H and O–H groups in total. The molecule has 122 valence electrons. The largest absolute Gasteiger partial charge is 0.383 e. The molecule has 0 aliphatic heterocycles. The van der Waals surface area contributed by atoms with Gasteiger partial charge in [0.2, 0.25) is 5.95 Å². The first-order valence-corrected chi connectivity index (χ1v) is 7.15. The normalized spacial score (nSPS) is 11.3. The van der Waals surface area contributed by atoms with Crippen LogP contribution >= 0.6 is 17.0 Å². The predicted octanol–water partition coefficient (Wildman–Crippen LogP) is 3.29. The Bertz CT molecular complexity index is 632. The minimum Gasteiger partial charge on any atom is -0.383 e. The van der Waals surface area contributed by atoms with Gasteiger partial charge in [-0.1, -0.05) is 32.9 Å². The highest BCUT2D eigenvalue weighted by molar-refractivity contribution is 8.93. The number of anilines is 1. The zero-order valence-corrected chi connectivity index (χ0v) is 15.3. The van der Waals surface area contributed by atoms with Crippen LogP contribution in [0.5, 0.6) is 0 Å². The van der Waals surface area contributed by atoms with Crippen LogP contribution in [0.4, 0.5) is 5.95 Å². The number of carbonyl (C=O) groups excluding carboxylic acids is 1. The fraction of sp³-hybridized carbons (Fsp3) is 0.500. The van der Waals surface area contributed by atoms with E-state index in [4.69, 9.17) is 4.74 Å². The van der Waals surface area contributed by atoms with Gasteiger partial charge in [-0.25, -0.2) is 4.98 Å². The van der Waals surface area contributed by atoms with Gasteiger partial charge < -0.3 is 14.6 Å². The molecule has 0 saturated heterocycles. The van der Waals surface area contributed by atoms with Gasteiger partial charge in [0.15, 0.2) is 5.78 Å². The summed E-state index contributed by atoms with van der Waals surface area (Å²) in [4.78, 5) is 16.9. The van der Waals surface area contributed by atoms with Crippen molar-refractivity contribution in [3.8, 4) is 0 Å². The molecule has 0 saturated carbocycles. The van der Waals surface area contributed by atoms with E-state index in [2.05, 4.69) is 10.3 Å². The van der Waals surface area contributed by atoms with Crippen molar-refractivity contribution in [1.82, 2.24) is 9.55 Å². The number of nitrogens with zero attached hydrogens (tertiary/aromatic N) is 2. The smallest absolute Gasteiger partial charge is 0.204 e. The lowest BCUT2D eigenvalue weighted by Crippen LogP contribution is -2.26. The van der Waals surface area contributed by atoms with E-state index in [1.807, 2.05) is 49.6 Å². The van der Waals surface area contributed by atoms with Gasteiger partial charge in [-0.3, -0.25) is 4.79 Å². The molecule has 0 spiro atoms. The Morgan fingerprint density at radius 2 is 2.00 bits per heavy atom. The molecule has 1 aromatic carbocycles. The number of methoxy groups -OCH3 is 1. The fourth-order valence-corrected chi connectivity index (χ4v) is 2.02. The predicted molar refractivity (Wildman–Crippen MR) is 94.9 cm³/mol. The zero-order valence-electron chi connectivity index (χ0n) is 13.5. The number of ketones is 1. The van der Waals surface area contributed by atoms with E-state index in [0.717, 1.165) is 11.0 Å². The molecule has 2 aromatic rings. The number of halogens is 1. The molecule has 22 heavy (non-hydrogen) atoms. The van der Waals surface area contributed by atoms with E-state index in [1.54, 1.807) is 7.11 Å². The summed E-state index contributed by atoms with van der Waals surface area (Å²) in [5, 5.41) is 3.24. The topological polar surface area (TPSA) is 56.1 Å². The molecule has 1 heterocycles. The number of aromatic nitrogens is 2. The number of ether oxygens (including phenoxy) is 1. The Morgan fingerprint density at radius 1 is 1.32 bits per heavy atom. The van der Waals surface area contributed by atoms with Crippen LogP contribution in [0.3, 0.4) is 0 Å². The Balaban J connectivity index is 0.00000242. The molecule has 0 fully saturated rings. The summed E-state index contributed by atoms with van der Waals surface area (Å²) in [6.07, 6.45) is 0. The van der Waals surface area contributed by atoms with Gasteiger partial charge in [-0.15, -0.1) is 17.0 Å². The quantitative estimate of drug-likeness (QED) is 0.793. The van der Waals surface area contributed by atoms with E-state index >= 15 is 0 Å². The maximum Gasteiger partial charge on any atom is 0.204 e. The highest BCUT2D eigenvalue weighted by atomic mass is 79.9. The lowest BCUT2D eigenvalue weighted by molar-refractivity contribution is -0.126. The standard InChI is InChI=1S/C16H23N3O2.BrH/c1-16(2,3)14(20)11-19-13-8-6-5-7-12(13)18-15(19)17-9-10-21-4;/h5-8H,9-11H2,1-4H3,(H,17,18);1H. The lowest BCUT2D eigenvalue weighted by Gasteiger charge is -2.18. The first-order valence-electron chi connectivity index (χ1n) is 7.15. The van der Waals surface area contributed by atoms with Crippen molar-refractivity contribution in [3.05, 3.63) is 24.3 Å². The molecular formula is C16H24BrN3O2. The Hall–Kier alpha value is -1.40. The summed E-state index contributed by atoms with van der Waals surface area (Å²) in [5.74, 6) is 0.895. The van der Waals surface area contributed by atoms with Gasteiger partial charge >= 0.3 is 0 Å². The minimum atomic E-state index is -0.366. The first kappa shape index (κ1) is 18.6. The van der Waals surface area contributed by atoms with Crippen molar-refractivity contribution in [2.24, 2.45) is 5.41 Å². The molecule has 2 rings (SSSR count). The van der Waals surface area contributed by atoms with Crippen LogP contribution < -0.4 is 5.32 Å². The third-order valence-corrected chi connectivity index (χ3v) is 3.38. The highest BCUT2D eigenvalue weighted by Crippen LogP contribution is 2.22. The molecular weight excluding hydrogens is 346 g/mol. The van der Waals surface area contributed by atoms with Crippen molar-refractivity contribution in [2.45, 2.75) is 27.3 Å². The average Bonchev–Trinajstić information content (AvgIpc) is 2.76. The van der Waals surface area contributed by atoms with Crippen LogP contribution in [0.1, 0.15) is 20.8 Å². The third-order valence-electron chi connectivity index (χ3n) is 3.38. The van der Waals surface area contributed by atoms with E-state index < -0.39 is 0 Å². The number of Topliss-reactive ketones (excluding diaryl/α,β-unsaturated/α-hetero) is 1. The Kier molecular flexibility index (Phi) is 6.56. The number of carbonyl (C=O) groups is 1. The molecule has 0 aliphatic carbocycles. The van der Waals surface area contributed by atoms with Crippen molar-refractivity contribution >= 4 is 39.7 Å². The van der Waals surface area contributed by atoms with E-state index in [-0.39, 0.29) is 28.2 Å². The summed E-state index contributed by atoms with van der Waals surface area (Å²) < 4.78 is 6.99. The number of hydrogen-bond acceptors (Lipinski definition) is 4. The van der Waals surface area contributed by atoms with Crippen molar-refractivity contribution in [1.29, 1.82) is 0 Å². The van der Waals surface area contributed by atoms with E-state index in [9.17, 15) is 4.79 Å². The number of nitrogens with one attached hydrogen (secondary N) is 1. The van der Waals surface area contributed by atoms with Gasteiger partial charge in [0.05, 0.1) is 24.2 Å². The molecule has 0 bridgehead atoms. The summed E-state index contributed by atoms with van der Waals surface area (Å²) in [6.45, 7) is 7.38. The van der Waals surface area contributed by atoms with E-state index in [0.29, 0.717) is 25.6 Å². The molecule has 0 amide bonds. The summed E-state index contributed by atoms with van der Waals surface area (Å²) in [7, 11) is 1.66. The fourth-order valence-electron chi connectivity index (χ4n) is 2.02.